The van der Waals surface area contributed by atoms with E-state index in [0.29, 0.717) is 18.9 Å². The smallest absolute Gasteiger partial charge is 0.312 e. The molecule has 0 aromatic rings. The van der Waals surface area contributed by atoms with Crippen molar-refractivity contribution < 1.29 is 28.9 Å². The zero-order chi connectivity index (χ0) is 14.5. The summed E-state index contributed by atoms with van der Waals surface area (Å²) in [4.78, 5) is 11.9. The molecule has 0 amide bonds. The number of carbonyl (C=O) groups is 1. The summed E-state index contributed by atoms with van der Waals surface area (Å²) in [5, 5.41) is 12.6. The van der Waals surface area contributed by atoms with Gasteiger partial charge in [0.2, 0.25) is 0 Å². The summed E-state index contributed by atoms with van der Waals surface area (Å²) in [7, 11) is 0. The molecule has 3 fully saturated rings. The number of ether oxygens (including phenoxy) is 4. The van der Waals surface area contributed by atoms with Crippen LogP contribution in [0, 0.1) is 11.8 Å². The van der Waals surface area contributed by atoms with Crippen molar-refractivity contribution in [3.63, 3.8) is 0 Å². The second-order valence-corrected chi connectivity index (χ2v) is 5.72. The molecule has 1 N–H and O–H groups in total. The Morgan fingerprint density at radius 3 is 2.95 bits per heavy atom. The Kier molecular flexibility index (Phi) is 3.23. The molecule has 5 atom stereocenters. The molecule has 0 spiro atoms. The average molecular weight is 285 g/mol. The van der Waals surface area contributed by atoms with Gasteiger partial charge in [0.05, 0.1) is 30.9 Å². The minimum atomic E-state index is -0.762. The van der Waals surface area contributed by atoms with Gasteiger partial charge < -0.3 is 24.2 Å². The van der Waals surface area contributed by atoms with E-state index in [1.165, 1.54) is 0 Å². The number of esters is 1. The molecule has 20 heavy (non-hydrogen) atoms. The Labute approximate surface area is 116 Å². The van der Waals surface area contributed by atoms with Gasteiger partial charge in [0, 0.05) is 5.92 Å². The van der Waals surface area contributed by atoms with Crippen molar-refractivity contribution in [3.8, 4) is 0 Å². The molecule has 0 radical (unpaired) electrons. The van der Waals surface area contributed by atoms with E-state index in [0.717, 1.165) is 0 Å². The minimum absolute atomic E-state index is 0.255. The maximum Gasteiger partial charge on any atom is 0.312 e. The summed E-state index contributed by atoms with van der Waals surface area (Å²) >= 11 is 0. The van der Waals surface area contributed by atoms with Gasteiger partial charge in [0.1, 0.15) is 12.2 Å². The molecule has 0 aromatic heterocycles. The normalized spacial score (nSPS) is 43.5. The molecule has 7 nitrogen and oxygen atoms in total. The summed E-state index contributed by atoms with van der Waals surface area (Å²) in [6, 6.07) is 0. The lowest BCUT2D eigenvalue weighted by Crippen LogP contribution is -2.56. The van der Waals surface area contributed by atoms with Crippen LogP contribution in [0.15, 0.2) is 5.16 Å². The van der Waals surface area contributed by atoms with E-state index >= 15 is 0 Å². The van der Waals surface area contributed by atoms with Crippen molar-refractivity contribution in [1.82, 2.24) is 0 Å². The van der Waals surface area contributed by atoms with Crippen LogP contribution in [0.5, 0.6) is 0 Å². The number of nitrogens with zero attached hydrogens (tertiary/aromatic N) is 1. The quantitative estimate of drug-likeness (QED) is 0.453. The first kappa shape index (κ1) is 13.8. The van der Waals surface area contributed by atoms with E-state index in [4.69, 9.17) is 18.9 Å². The Morgan fingerprint density at radius 1 is 1.55 bits per heavy atom. The van der Waals surface area contributed by atoms with E-state index in [1.54, 1.807) is 20.8 Å². The van der Waals surface area contributed by atoms with E-state index in [-0.39, 0.29) is 24.1 Å². The van der Waals surface area contributed by atoms with Crippen molar-refractivity contribution in [1.29, 1.82) is 0 Å². The molecule has 0 bridgehead atoms. The molecule has 7 heteroatoms. The van der Waals surface area contributed by atoms with Gasteiger partial charge in [-0.25, -0.2) is 0 Å². The fourth-order valence-electron chi connectivity index (χ4n) is 2.99. The summed E-state index contributed by atoms with van der Waals surface area (Å²) in [6.45, 7) is 6.00. The van der Waals surface area contributed by atoms with Crippen LogP contribution in [-0.4, -0.2) is 54.2 Å². The van der Waals surface area contributed by atoms with Crippen LogP contribution in [0.3, 0.4) is 0 Å². The number of rotatable bonds is 2. The first-order chi connectivity index (χ1) is 9.48. The van der Waals surface area contributed by atoms with Crippen molar-refractivity contribution >= 4 is 11.7 Å². The molecule has 3 aliphatic rings. The zero-order valence-corrected chi connectivity index (χ0v) is 11.7. The molecule has 3 rings (SSSR count). The van der Waals surface area contributed by atoms with Gasteiger partial charge in [0.25, 0.3) is 0 Å². The third kappa shape index (κ3) is 2.10. The van der Waals surface area contributed by atoms with Crippen molar-refractivity contribution in [3.05, 3.63) is 0 Å². The van der Waals surface area contributed by atoms with Crippen LogP contribution >= 0.6 is 0 Å². The van der Waals surface area contributed by atoms with Gasteiger partial charge in [-0.15, -0.1) is 0 Å². The fraction of sp³-hybridized carbons (Fsp3) is 0.846. The number of hydrogen-bond acceptors (Lipinski definition) is 7. The summed E-state index contributed by atoms with van der Waals surface area (Å²) in [6.07, 6.45) is -1.13. The molecule has 1 saturated carbocycles. The third-order valence-electron chi connectivity index (χ3n) is 3.94. The van der Waals surface area contributed by atoms with E-state index in [2.05, 4.69) is 5.16 Å². The number of fused-ring (bicyclic) bond motifs is 2. The van der Waals surface area contributed by atoms with Crippen LogP contribution in [-0.2, 0) is 23.7 Å². The predicted molar refractivity (Wildman–Crippen MR) is 66.4 cm³/mol. The van der Waals surface area contributed by atoms with Crippen LogP contribution in [0.4, 0.5) is 0 Å². The zero-order valence-electron chi connectivity index (χ0n) is 11.7. The van der Waals surface area contributed by atoms with Crippen LogP contribution in [0.1, 0.15) is 20.8 Å². The highest BCUT2D eigenvalue weighted by atomic mass is 16.7. The lowest BCUT2D eigenvalue weighted by atomic mass is 10.00. The molecule has 1 unspecified atom stereocenters. The lowest BCUT2D eigenvalue weighted by Gasteiger charge is -2.42. The highest BCUT2D eigenvalue weighted by molar-refractivity contribution is 6.00. The lowest BCUT2D eigenvalue weighted by molar-refractivity contribution is -0.300. The van der Waals surface area contributed by atoms with Gasteiger partial charge in [-0.3, -0.25) is 4.79 Å². The van der Waals surface area contributed by atoms with E-state index in [1.807, 2.05) is 0 Å². The Bertz CT molecular complexity index is 448. The SMILES string of the molecule is CCOC(=O)C1[C@H]2O[C@@H]3COC(C)(C)O[C@H]3C(=NO)[C@@H]12. The minimum Gasteiger partial charge on any atom is -0.466 e. The fourth-order valence-corrected chi connectivity index (χ4v) is 2.99. The third-order valence-corrected chi connectivity index (χ3v) is 3.94. The number of oxime groups is 1. The summed E-state index contributed by atoms with van der Waals surface area (Å²) < 4.78 is 22.2. The second kappa shape index (κ2) is 4.68. The first-order valence-corrected chi connectivity index (χ1v) is 6.84. The number of hydrogen-bond donors (Lipinski definition) is 1. The topological polar surface area (TPSA) is 86.6 Å². The molecule has 112 valence electrons. The first-order valence-electron chi connectivity index (χ1n) is 6.84. The summed E-state index contributed by atoms with van der Waals surface area (Å²) in [5.74, 6) is -1.74. The van der Waals surface area contributed by atoms with E-state index < -0.39 is 17.8 Å². The average Bonchev–Trinajstić information content (AvgIpc) is 3.09. The van der Waals surface area contributed by atoms with Gasteiger partial charge in [0.15, 0.2) is 5.79 Å². The highest BCUT2D eigenvalue weighted by Gasteiger charge is 2.67. The van der Waals surface area contributed by atoms with Gasteiger partial charge >= 0.3 is 5.97 Å². The highest BCUT2D eigenvalue weighted by Crippen LogP contribution is 2.50. The molecule has 2 heterocycles. The largest absolute Gasteiger partial charge is 0.466 e. The molecular weight excluding hydrogens is 266 g/mol. The number of carbonyl (C=O) groups excluding carboxylic acids is 1. The van der Waals surface area contributed by atoms with Crippen molar-refractivity contribution in [2.45, 2.75) is 44.9 Å². The molecule has 2 saturated heterocycles. The molecule has 2 aliphatic heterocycles. The van der Waals surface area contributed by atoms with Crippen molar-refractivity contribution in [2.75, 3.05) is 13.2 Å². The molecule has 0 aromatic carbocycles. The molecular formula is C13H19NO6. The van der Waals surface area contributed by atoms with Gasteiger partial charge in [-0.05, 0) is 20.8 Å². The predicted octanol–water partition coefficient (Wildman–Crippen LogP) is 0.545. The van der Waals surface area contributed by atoms with Crippen LogP contribution < -0.4 is 0 Å². The Morgan fingerprint density at radius 2 is 2.30 bits per heavy atom. The van der Waals surface area contributed by atoms with Crippen LogP contribution in [0.25, 0.3) is 0 Å². The Balaban J connectivity index is 1.79. The summed E-state index contributed by atoms with van der Waals surface area (Å²) in [5.41, 5.74) is 0.459. The molecule has 1 aliphatic carbocycles. The standard InChI is InChI=1S/C13H19NO6/c1-4-17-12(15)8-7-9(14-16)10-6(19-11(7)8)5-18-13(2,3)20-10/h6-8,10-11,16H,4-5H2,1-3H3/t6-,7-,8?,10-,11+/m1/s1. The monoisotopic (exact) mass is 285 g/mol. The van der Waals surface area contributed by atoms with Gasteiger partial charge in [-0.1, -0.05) is 5.16 Å². The van der Waals surface area contributed by atoms with Crippen molar-refractivity contribution in [2.24, 2.45) is 17.0 Å². The van der Waals surface area contributed by atoms with Crippen LogP contribution in [0.2, 0.25) is 0 Å². The Hall–Kier alpha value is -1.18. The van der Waals surface area contributed by atoms with Gasteiger partial charge in [-0.2, -0.15) is 0 Å². The maximum absolute atomic E-state index is 11.9. The maximum atomic E-state index is 11.9. The second-order valence-electron chi connectivity index (χ2n) is 5.72. The van der Waals surface area contributed by atoms with E-state index in [9.17, 15) is 10.0 Å².